The van der Waals surface area contributed by atoms with Crippen LogP contribution in [0.15, 0.2) is 46.5 Å². The summed E-state index contributed by atoms with van der Waals surface area (Å²) < 4.78 is 7.32. The summed E-state index contributed by atoms with van der Waals surface area (Å²) >= 11 is 1.21. The average molecular weight is 462 g/mol. The summed E-state index contributed by atoms with van der Waals surface area (Å²) in [5.74, 6) is -0.179. The molecule has 0 unspecified atom stereocenters. The predicted octanol–water partition coefficient (Wildman–Crippen LogP) is 4.37. The van der Waals surface area contributed by atoms with Crippen LogP contribution in [0.1, 0.15) is 39.3 Å². The number of hydrogen-bond acceptors (Lipinski definition) is 6. The molecular weight excluding hydrogens is 434 g/mol. The first-order valence-corrected chi connectivity index (χ1v) is 11.4. The summed E-state index contributed by atoms with van der Waals surface area (Å²) in [6.07, 6.45) is 1.65. The van der Waals surface area contributed by atoms with Crippen molar-refractivity contribution in [1.82, 2.24) is 15.0 Å². The van der Waals surface area contributed by atoms with Gasteiger partial charge in [-0.25, -0.2) is 10.4 Å². The number of hydrogen-bond donors (Lipinski definition) is 1. The van der Waals surface area contributed by atoms with E-state index in [4.69, 9.17) is 4.74 Å². The Hall–Kier alpha value is -3.41. The Bertz CT molecular complexity index is 1220. The Morgan fingerprint density at radius 2 is 1.97 bits per heavy atom. The minimum atomic E-state index is -0.274. The van der Waals surface area contributed by atoms with E-state index in [1.165, 1.54) is 17.3 Å². The van der Waals surface area contributed by atoms with Crippen molar-refractivity contribution >= 4 is 23.9 Å². The smallest absolute Gasteiger partial charge is 0.250 e. The number of carbonyl (C=O) groups excluding carboxylic acids is 1. The van der Waals surface area contributed by atoms with E-state index in [9.17, 15) is 10.1 Å². The van der Waals surface area contributed by atoms with Crippen LogP contribution in [0.3, 0.4) is 0 Å². The maximum absolute atomic E-state index is 12.3. The van der Waals surface area contributed by atoms with Gasteiger partial charge >= 0.3 is 0 Å². The second kappa shape index (κ2) is 10.9. The predicted molar refractivity (Wildman–Crippen MR) is 131 cm³/mol. The van der Waals surface area contributed by atoms with E-state index >= 15 is 0 Å². The number of ether oxygens (including phenoxy) is 1. The Morgan fingerprint density at radius 1 is 1.24 bits per heavy atom. The van der Waals surface area contributed by atoms with Gasteiger partial charge in [-0.2, -0.15) is 10.4 Å². The minimum absolute atomic E-state index is 0.0945. The van der Waals surface area contributed by atoms with Crippen molar-refractivity contribution in [2.75, 3.05) is 12.9 Å². The second-order valence-electron chi connectivity index (χ2n) is 7.73. The Balaban J connectivity index is 1.65. The van der Waals surface area contributed by atoms with Gasteiger partial charge in [0.05, 0.1) is 24.1 Å². The summed E-state index contributed by atoms with van der Waals surface area (Å²) in [5, 5.41) is 14.2. The van der Waals surface area contributed by atoms with E-state index in [0.717, 1.165) is 33.9 Å². The number of rotatable bonds is 8. The second-order valence-corrected chi connectivity index (χ2v) is 8.69. The lowest BCUT2D eigenvalue weighted by molar-refractivity contribution is -0.118. The molecule has 0 atom stereocenters. The number of aryl methyl sites for hydroxylation is 3. The Kier molecular flexibility index (Phi) is 8.04. The summed E-state index contributed by atoms with van der Waals surface area (Å²) in [6, 6.07) is 14.4. The van der Waals surface area contributed by atoms with Crippen LogP contribution in [0.2, 0.25) is 0 Å². The number of hydrazone groups is 1. The molecule has 0 aliphatic carbocycles. The van der Waals surface area contributed by atoms with E-state index in [2.05, 4.69) is 57.3 Å². The SMILES string of the molecule is COCc1cc(C)nc(SCC(=O)N/N=C/c2cc(C)n(-c3ccc(C)cc3)c2C)c1C#N. The normalized spacial score (nSPS) is 11.0. The molecule has 2 heterocycles. The van der Waals surface area contributed by atoms with E-state index in [1.54, 1.807) is 13.3 Å². The summed E-state index contributed by atoms with van der Waals surface area (Å²) in [7, 11) is 1.58. The molecule has 1 amide bonds. The van der Waals surface area contributed by atoms with Crippen molar-refractivity contribution in [1.29, 1.82) is 5.26 Å². The zero-order valence-electron chi connectivity index (χ0n) is 19.5. The first kappa shape index (κ1) is 24.2. The number of amides is 1. The van der Waals surface area contributed by atoms with Gasteiger partial charge < -0.3 is 9.30 Å². The minimum Gasteiger partial charge on any atom is -0.380 e. The molecule has 0 radical (unpaired) electrons. The van der Waals surface area contributed by atoms with Crippen LogP contribution in [0, 0.1) is 39.0 Å². The monoisotopic (exact) mass is 461 g/mol. The number of thioether (sulfide) groups is 1. The third-order valence-corrected chi connectivity index (χ3v) is 6.08. The molecule has 0 fully saturated rings. The molecule has 0 saturated heterocycles. The van der Waals surface area contributed by atoms with Crippen molar-refractivity contribution in [3.63, 3.8) is 0 Å². The highest BCUT2D eigenvalue weighted by Gasteiger charge is 2.14. The van der Waals surface area contributed by atoms with Crippen molar-refractivity contribution < 1.29 is 9.53 Å². The first-order chi connectivity index (χ1) is 15.8. The van der Waals surface area contributed by atoms with Gasteiger partial charge in [0.15, 0.2) is 0 Å². The van der Waals surface area contributed by atoms with Crippen LogP contribution in [0.25, 0.3) is 5.69 Å². The lowest BCUT2D eigenvalue weighted by atomic mass is 10.1. The van der Waals surface area contributed by atoms with E-state index in [-0.39, 0.29) is 11.7 Å². The molecule has 8 heteroatoms. The van der Waals surface area contributed by atoms with Crippen molar-refractivity contribution in [2.45, 2.75) is 39.3 Å². The quantitative estimate of drug-likeness (QED) is 0.306. The van der Waals surface area contributed by atoms with Gasteiger partial charge in [0.2, 0.25) is 5.91 Å². The summed E-state index contributed by atoms with van der Waals surface area (Å²) in [5.41, 5.74) is 9.88. The molecule has 2 aromatic heterocycles. The molecule has 1 aromatic carbocycles. The van der Waals surface area contributed by atoms with Crippen LogP contribution < -0.4 is 5.43 Å². The number of benzene rings is 1. The average Bonchev–Trinajstić information content (AvgIpc) is 3.06. The number of aromatic nitrogens is 2. The summed E-state index contributed by atoms with van der Waals surface area (Å²) in [6.45, 7) is 8.29. The van der Waals surface area contributed by atoms with Crippen LogP contribution in [0.5, 0.6) is 0 Å². The fraction of sp³-hybridized carbons (Fsp3) is 0.280. The fourth-order valence-corrected chi connectivity index (χ4v) is 4.41. The number of methoxy groups -OCH3 is 1. The highest BCUT2D eigenvalue weighted by molar-refractivity contribution is 8.00. The van der Waals surface area contributed by atoms with Gasteiger partial charge in [-0.1, -0.05) is 29.5 Å². The van der Waals surface area contributed by atoms with Gasteiger partial charge in [0, 0.05) is 35.4 Å². The third-order valence-electron chi connectivity index (χ3n) is 5.10. The maximum atomic E-state index is 12.3. The first-order valence-electron chi connectivity index (χ1n) is 10.4. The van der Waals surface area contributed by atoms with Crippen LogP contribution >= 0.6 is 11.8 Å². The molecule has 170 valence electrons. The number of nitrogens with zero attached hydrogens (tertiary/aromatic N) is 4. The fourth-order valence-electron chi connectivity index (χ4n) is 3.55. The number of nitriles is 1. The summed E-state index contributed by atoms with van der Waals surface area (Å²) in [4.78, 5) is 16.7. The molecule has 1 N–H and O–H groups in total. The van der Waals surface area contributed by atoms with Gasteiger partial charge in [0.1, 0.15) is 11.1 Å². The van der Waals surface area contributed by atoms with Crippen molar-refractivity contribution in [2.24, 2.45) is 5.10 Å². The van der Waals surface area contributed by atoms with Gasteiger partial charge in [-0.15, -0.1) is 0 Å². The molecule has 0 aliphatic rings. The van der Waals surface area contributed by atoms with E-state index in [0.29, 0.717) is 17.2 Å². The lowest BCUT2D eigenvalue weighted by Crippen LogP contribution is -2.20. The van der Waals surface area contributed by atoms with E-state index in [1.807, 2.05) is 32.9 Å². The molecule has 3 rings (SSSR count). The highest BCUT2D eigenvalue weighted by atomic mass is 32.2. The van der Waals surface area contributed by atoms with Crippen molar-refractivity contribution in [3.05, 3.63) is 75.7 Å². The third kappa shape index (κ3) is 5.89. The van der Waals surface area contributed by atoms with E-state index < -0.39 is 0 Å². The van der Waals surface area contributed by atoms with Crippen molar-refractivity contribution in [3.8, 4) is 11.8 Å². The maximum Gasteiger partial charge on any atom is 0.250 e. The largest absolute Gasteiger partial charge is 0.380 e. The molecule has 0 spiro atoms. The highest BCUT2D eigenvalue weighted by Crippen LogP contribution is 2.24. The molecule has 0 bridgehead atoms. The zero-order chi connectivity index (χ0) is 24.0. The molecule has 3 aromatic rings. The molecule has 7 nitrogen and oxygen atoms in total. The number of nitrogens with one attached hydrogen (secondary N) is 1. The molecular formula is C25H27N5O2S. The van der Waals surface area contributed by atoms with Gasteiger partial charge in [-0.05, 0) is 57.5 Å². The van der Waals surface area contributed by atoms with Crippen LogP contribution in [-0.2, 0) is 16.1 Å². The molecule has 0 aliphatic heterocycles. The molecule has 0 saturated carbocycles. The number of pyridine rings is 1. The van der Waals surface area contributed by atoms with Gasteiger partial charge in [-0.3, -0.25) is 4.79 Å². The lowest BCUT2D eigenvalue weighted by Gasteiger charge is -2.10. The van der Waals surface area contributed by atoms with Crippen LogP contribution in [-0.4, -0.2) is 34.5 Å². The van der Waals surface area contributed by atoms with Gasteiger partial charge in [0.25, 0.3) is 0 Å². The standard InChI is InChI=1S/C25H27N5O2S/c1-16-6-8-22(9-7-16)30-18(3)11-20(19(30)4)13-27-29-24(31)15-33-25-23(12-26)21(14-32-5)10-17(2)28-25/h6-11,13H,14-15H2,1-5H3,(H,29,31)/b27-13+. The number of carbonyl (C=O) groups is 1. The topological polar surface area (TPSA) is 92.3 Å². The van der Waals surface area contributed by atoms with Crippen LogP contribution in [0.4, 0.5) is 0 Å². The molecule has 33 heavy (non-hydrogen) atoms. The Labute approximate surface area is 198 Å². The zero-order valence-corrected chi connectivity index (χ0v) is 20.3. The Morgan fingerprint density at radius 3 is 2.64 bits per heavy atom.